The number of hydrogen-bond acceptors (Lipinski definition) is 5. The molecule has 0 spiro atoms. The number of nitrogens with two attached hydrogens (primary N) is 1. The Kier molecular flexibility index (Phi) is 3.49. The van der Waals surface area contributed by atoms with E-state index >= 15 is 0 Å². The third kappa shape index (κ3) is 2.97. The van der Waals surface area contributed by atoms with E-state index in [0.29, 0.717) is 17.1 Å². The number of pyridine rings is 1. The average Bonchev–Trinajstić information content (AvgIpc) is 2.87. The predicted octanol–water partition coefficient (Wildman–Crippen LogP) is 2.53. The van der Waals surface area contributed by atoms with Gasteiger partial charge in [-0.1, -0.05) is 17.8 Å². The summed E-state index contributed by atoms with van der Waals surface area (Å²) in [7, 11) is 0. The predicted molar refractivity (Wildman–Crippen MR) is 81.3 cm³/mol. The van der Waals surface area contributed by atoms with E-state index in [1.54, 1.807) is 18.2 Å². The van der Waals surface area contributed by atoms with Crippen LogP contribution in [0.5, 0.6) is 0 Å². The molecule has 4 N–H and O–H groups in total. The van der Waals surface area contributed by atoms with Crippen LogP contribution in [0.15, 0.2) is 41.6 Å². The van der Waals surface area contributed by atoms with Crippen LogP contribution < -0.4 is 5.73 Å². The standard InChI is InChI=1S/C14H12N4O2S/c15-8-4-5-10-12(6-8)18-14(17-10)21-7-9-2-1-3-11(16-9)13(19)20/h1-6H,7,15H2,(H,17,18)(H,19,20). The topological polar surface area (TPSA) is 105 Å². The minimum Gasteiger partial charge on any atom is -0.477 e. The lowest BCUT2D eigenvalue weighted by Crippen LogP contribution is -2.01. The third-order valence-corrected chi connectivity index (χ3v) is 3.77. The number of nitrogens with zero attached hydrogens (tertiary/aromatic N) is 2. The lowest BCUT2D eigenvalue weighted by atomic mass is 10.3. The maximum absolute atomic E-state index is 10.9. The SMILES string of the molecule is Nc1ccc2nc(SCc3cccc(C(=O)O)n3)[nH]c2c1. The minimum absolute atomic E-state index is 0.0467. The molecule has 106 valence electrons. The first-order chi connectivity index (χ1) is 10.1. The molecular formula is C14H12N4O2S. The van der Waals surface area contributed by atoms with Crippen LogP contribution in [0.4, 0.5) is 5.69 Å². The first kappa shape index (κ1) is 13.4. The molecule has 0 bridgehead atoms. The highest BCUT2D eigenvalue weighted by Gasteiger charge is 2.07. The molecule has 2 heterocycles. The van der Waals surface area contributed by atoms with Crippen LogP contribution in [0.3, 0.4) is 0 Å². The Morgan fingerprint density at radius 2 is 2.14 bits per heavy atom. The van der Waals surface area contributed by atoms with Gasteiger partial charge < -0.3 is 15.8 Å². The van der Waals surface area contributed by atoms with E-state index in [1.165, 1.54) is 17.8 Å². The fourth-order valence-electron chi connectivity index (χ4n) is 1.89. The number of aromatic carboxylic acids is 1. The Balaban J connectivity index is 1.77. The van der Waals surface area contributed by atoms with Gasteiger partial charge in [-0.2, -0.15) is 0 Å². The summed E-state index contributed by atoms with van der Waals surface area (Å²) in [6.45, 7) is 0. The second kappa shape index (κ2) is 5.45. The lowest BCUT2D eigenvalue weighted by molar-refractivity contribution is 0.0690. The Morgan fingerprint density at radius 3 is 2.95 bits per heavy atom. The van der Waals surface area contributed by atoms with Gasteiger partial charge in [0.1, 0.15) is 5.69 Å². The van der Waals surface area contributed by atoms with Crippen LogP contribution in [0.25, 0.3) is 11.0 Å². The summed E-state index contributed by atoms with van der Waals surface area (Å²) in [4.78, 5) is 22.6. The van der Waals surface area contributed by atoms with Crippen LogP contribution in [0.1, 0.15) is 16.2 Å². The van der Waals surface area contributed by atoms with Gasteiger partial charge in [-0.25, -0.2) is 14.8 Å². The molecule has 0 aliphatic rings. The van der Waals surface area contributed by atoms with Gasteiger partial charge in [0, 0.05) is 11.4 Å². The number of H-pyrrole nitrogens is 1. The van der Waals surface area contributed by atoms with E-state index < -0.39 is 5.97 Å². The van der Waals surface area contributed by atoms with Crippen molar-refractivity contribution in [3.05, 3.63) is 47.8 Å². The molecule has 0 radical (unpaired) electrons. The zero-order valence-electron chi connectivity index (χ0n) is 10.9. The first-order valence-electron chi connectivity index (χ1n) is 6.19. The fourth-order valence-corrected chi connectivity index (χ4v) is 2.68. The van der Waals surface area contributed by atoms with Crippen LogP contribution >= 0.6 is 11.8 Å². The second-order valence-electron chi connectivity index (χ2n) is 4.43. The van der Waals surface area contributed by atoms with E-state index in [9.17, 15) is 4.79 Å². The largest absolute Gasteiger partial charge is 0.477 e. The maximum Gasteiger partial charge on any atom is 0.354 e. The van der Waals surface area contributed by atoms with Gasteiger partial charge in [-0.05, 0) is 30.3 Å². The van der Waals surface area contributed by atoms with Gasteiger partial charge in [0.2, 0.25) is 0 Å². The molecule has 21 heavy (non-hydrogen) atoms. The number of nitrogens with one attached hydrogen (secondary N) is 1. The molecular weight excluding hydrogens is 288 g/mol. The van der Waals surface area contributed by atoms with Gasteiger partial charge in [0.15, 0.2) is 5.16 Å². The number of thioether (sulfide) groups is 1. The molecule has 0 saturated heterocycles. The van der Waals surface area contributed by atoms with Gasteiger partial charge >= 0.3 is 5.97 Å². The van der Waals surface area contributed by atoms with E-state index in [0.717, 1.165) is 16.2 Å². The number of imidazole rings is 1. The molecule has 6 nitrogen and oxygen atoms in total. The molecule has 2 aromatic heterocycles. The van der Waals surface area contributed by atoms with E-state index in [1.807, 2.05) is 12.1 Å². The summed E-state index contributed by atoms with van der Waals surface area (Å²) in [5.74, 6) is -0.489. The Labute approximate surface area is 124 Å². The zero-order valence-corrected chi connectivity index (χ0v) is 11.7. The molecule has 0 aliphatic heterocycles. The van der Waals surface area contributed by atoms with Crippen LogP contribution in [0.2, 0.25) is 0 Å². The molecule has 0 aliphatic carbocycles. The van der Waals surface area contributed by atoms with Crippen LogP contribution in [0, 0.1) is 0 Å². The summed E-state index contributed by atoms with van der Waals surface area (Å²) >= 11 is 1.46. The zero-order chi connectivity index (χ0) is 14.8. The number of benzene rings is 1. The fraction of sp³-hybridized carbons (Fsp3) is 0.0714. The highest BCUT2D eigenvalue weighted by molar-refractivity contribution is 7.98. The van der Waals surface area contributed by atoms with Crippen LogP contribution in [-0.4, -0.2) is 26.0 Å². The molecule has 7 heteroatoms. The number of carbonyl (C=O) groups is 1. The van der Waals surface area contributed by atoms with E-state index in [-0.39, 0.29) is 5.69 Å². The van der Waals surface area contributed by atoms with Crippen molar-refractivity contribution in [1.82, 2.24) is 15.0 Å². The Hall–Kier alpha value is -2.54. The second-order valence-corrected chi connectivity index (χ2v) is 5.39. The normalized spacial score (nSPS) is 10.9. The van der Waals surface area contributed by atoms with Gasteiger partial charge in [0.05, 0.1) is 16.7 Å². The number of fused-ring (bicyclic) bond motifs is 1. The van der Waals surface area contributed by atoms with E-state index in [2.05, 4.69) is 15.0 Å². The van der Waals surface area contributed by atoms with Crippen molar-refractivity contribution < 1.29 is 9.90 Å². The molecule has 0 amide bonds. The summed E-state index contributed by atoms with van der Waals surface area (Å²) in [5, 5.41) is 9.66. The summed E-state index contributed by atoms with van der Waals surface area (Å²) in [6.07, 6.45) is 0. The van der Waals surface area contributed by atoms with Gasteiger partial charge in [-0.3, -0.25) is 0 Å². The highest BCUT2D eigenvalue weighted by atomic mass is 32.2. The van der Waals surface area contributed by atoms with Crippen molar-refractivity contribution in [2.24, 2.45) is 0 Å². The number of carboxylic acid groups (broad SMARTS) is 1. The number of anilines is 1. The third-order valence-electron chi connectivity index (χ3n) is 2.87. The van der Waals surface area contributed by atoms with Crippen LogP contribution in [-0.2, 0) is 5.75 Å². The maximum atomic E-state index is 10.9. The van der Waals surface area contributed by atoms with Crippen molar-refractivity contribution in [3.63, 3.8) is 0 Å². The number of nitrogen functional groups attached to an aromatic ring is 1. The summed E-state index contributed by atoms with van der Waals surface area (Å²) < 4.78 is 0. The van der Waals surface area contributed by atoms with Crippen molar-refractivity contribution in [3.8, 4) is 0 Å². The van der Waals surface area contributed by atoms with Crippen molar-refractivity contribution in [1.29, 1.82) is 0 Å². The average molecular weight is 300 g/mol. The minimum atomic E-state index is -1.03. The van der Waals surface area contributed by atoms with Gasteiger partial charge in [-0.15, -0.1) is 0 Å². The number of aromatic amines is 1. The number of aromatic nitrogens is 3. The molecule has 0 atom stereocenters. The molecule has 0 saturated carbocycles. The van der Waals surface area contributed by atoms with Crippen molar-refractivity contribution in [2.75, 3.05) is 5.73 Å². The quantitative estimate of drug-likeness (QED) is 0.505. The Bertz CT molecular complexity index is 816. The molecule has 3 aromatic rings. The number of hydrogen-bond donors (Lipinski definition) is 3. The Morgan fingerprint density at radius 1 is 1.29 bits per heavy atom. The van der Waals surface area contributed by atoms with Gasteiger partial charge in [0.25, 0.3) is 0 Å². The molecule has 3 rings (SSSR count). The molecule has 0 unspecified atom stereocenters. The molecule has 0 fully saturated rings. The number of carboxylic acids is 1. The van der Waals surface area contributed by atoms with E-state index in [4.69, 9.17) is 10.8 Å². The van der Waals surface area contributed by atoms with Crippen molar-refractivity contribution in [2.45, 2.75) is 10.9 Å². The number of rotatable bonds is 4. The first-order valence-corrected chi connectivity index (χ1v) is 7.17. The summed E-state index contributed by atoms with van der Waals surface area (Å²) in [5.41, 5.74) is 8.87. The highest BCUT2D eigenvalue weighted by Crippen LogP contribution is 2.23. The summed E-state index contributed by atoms with van der Waals surface area (Å²) in [6, 6.07) is 10.4. The monoisotopic (exact) mass is 300 g/mol. The van der Waals surface area contributed by atoms with Crippen molar-refractivity contribution >= 4 is 34.5 Å². The smallest absolute Gasteiger partial charge is 0.354 e. The lowest BCUT2D eigenvalue weighted by Gasteiger charge is -2.00. The molecule has 1 aromatic carbocycles.